The molecule has 0 bridgehead atoms. The van der Waals surface area contributed by atoms with E-state index >= 15 is 0 Å². The van der Waals surface area contributed by atoms with Gasteiger partial charge in [-0.3, -0.25) is 19.4 Å². The van der Waals surface area contributed by atoms with Crippen LogP contribution in [-0.2, 0) is 33.3 Å². The van der Waals surface area contributed by atoms with Crippen molar-refractivity contribution in [1.82, 2.24) is 25.7 Å². The number of carbonyl (C=O) groups excluding carboxylic acids is 4. The topological polar surface area (TPSA) is 192 Å². The van der Waals surface area contributed by atoms with E-state index in [2.05, 4.69) is 32.6 Å². The van der Waals surface area contributed by atoms with Crippen molar-refractivity contribution in [2.24, 2.45) is 23.7 Å². The van der Waals surface area contributed by atoms with Crippen molar-refractivity contribution < 1.29 is 47.8 Å². The van der Waals surface area contributed by atoms with Gasteiger partial charge in [0, 0.05) is 36.1 Å². The molecule has 3 fully saturated rings. The summed E-state index contributed by atoms with van der Waals surface area (Å²) in [6.07, 6.45) is -2.06. The van der Waals surface area contributed by atoms with Crippen LogP contribution in [0.25, 0.3) is 11.4 Å². The van der Waals surface area contributed by atoms with Crippen molar-refractivity contribution in [2.45, 2.75) is 129 Å². The Bertz CT molecular complexity index is 1790. The molecule has 0 saturated carbocycles. The molecular weight excluding hydrogens is 722 g/mol. The molecule has 15 nitrogen and oxygen atoms in total. The van der Waals surface area contributed by atoms with Gasteiger partial charge in [0.15, 0.2) is 12.1 Å². The smallest absolute Gasteiger partial charge is 0.316 e. The molecule has 3 aliphatic heterocycles. The summed E-state index contributed by atoms with van der Waals surface area (Å²) in [6, 6.07) is 5.54. The molecule has 0 radical (unpaired) electrons. The lowest BCUT2D eigenvalue weighted by Crippen LogP contribution is -2.62. The zero-order valence-corrected chi connectivity index (χ0v) is 34.0. The SMILES string of the molecule is CC[C@H]1OC(=O)[C@H](C)C(=O)[C@H](C)[C@@H](O[C@@H]2O[C@H](C)C[C@H](N(C)C)[C@H]2O)[C@](C)(OCC#Cc2cc(-c3ccccn3)no2)C[C@@H](C)C(=O)[C@H](C)[C@H]2NC(=O)N[C@@]21C. The lowest BCUT2D eigenvalue weighted by molar-refractivity contribution is -0.296. The first kappa shape index (κ1) is 42.9. The number of ether oxygens (including phenoxy) is 4. The van der Waals surface area contributed by atoms with Gasteiger partial charge in [0.1, 0.15) is 36.2 Å². The molecule has 306 valence electrons. The number of aliphatic hydroxyl groups excluding tert-OH is 1. The number of nitrogens with one attached hydrogen (secondary N) is 2. The summed E-state index contributed by atoms with van der Waals surface area (Å²) in [5, 5.41) is 21.4. The normalized spacial score (nSPS) is 37.1. The van der Waals surface area contributed by atoms with Crippen molar-refractivity contribution in [2.75, 3.05) is 20.7 Å². The van der Waals surface area contributed by atoms with E-state index in [0.717, 1.165) is 0 Å². The molecule has 2 amide bonds. The minimum absolute atomic E-state index is 0.0442. The van der Waals surface area contributed by atoms with Crippen LogP contribution in [0.15, 0.2) is 35.0 Å². The summed E-state index contributed by atoms with van der Waals surface area (Å²) in [4.78, 5) is 61.7. The Balaban J connectivity index is 1.55. The van der Waals surface area contributed by atoms with Gasteiger partial charge in [0.2, 0.25) is 5.76 Å². The first-order valence-corrected chi connectivity index (χ1v) is 19.4. The van der Waals surface area contributed by atoms with E-state index in [1.165, 1.54) is 6.92 Å². The van der Waals surface area contributed by atoms with Crippen LogP contribution >= 0.6 is 0 Å². The predicted octanol–water partition coefficient (Wildman–Crippen LogP) is 3.52. The highest BCUT2D eigenvalue weighted by atomic mass is 16.7. The predicted molar refractivity (Wildman–Crippen MR) is 204 cm³/mol. The number of Topliss-reactive ketones (excluding diaryl/α,β-unsaturated/α-hetero) is 2. The zero-order valence-electron chi connectivity index (χ0n) is 34.0. The van der Waals surface area contributed by atoms with Crippen molar-refractivity contribution in [1.29, 1.82) is 0 Å². The molecule has 0 aliphatic carbocycles. The summed E-state index contributed by atoms with van der Waals surface area (Å²) >= 11 is 0. The molecule has 0 aromatic carbocycles. The average Bonchev–Trinajstić information content (AvgIpc) is 3.77. The summed E-state index contributed by atoms with van der Waals surface area (Å²) in [5.74, 6) is 0.999. The number of cyclic esters (lactones) is 1. The number of pyridine rings is 1. The third-order valence-electron chi connectivity index (χ3n) is 11.7. The van der Waals surface area contributed by atoms with Gasteiger partial charge in [-0.2, -0.15) is 0 Å². The Kier molecular flexibility index (Phi) is 13.4. The second-order valence-corrected chi connectivity index (χ2v) is 16.2. The Morgan fingerprint density at radius 3 is 2.43 bits per heavy atom. The van der Waals surface area contributed by atoms with Crippen molar-refractivity contribution in [3.05, 3.63) is 36.2 Å². The number of urea groups is 1. The number of esters is 1. The maximum Gasteiger partial charge on any atom is 0.316 e. The number of nitrogens with zero attached hydrogens (tertiary/aromatic N) is 3. The van der Waals surface area contributed by atoms with Crippen LogP contribution in [0.1, 0.15) is 80.4 Å². The molecule has 5 heterocycles. The minimum atomic E-state index is -1.43. The number of fused-ring (bicyclic) bond motifs is 1. The van der Waals surface area contributed by atoms with E-state index in [1.54, 1.807) is 59.0 Å². The molecule has 3 aliphatic rings. The number of amides is 2. The molecular formula is C41H57N5O10. The Hall–Kier alpha value is -4.20. The van der Waals surface area contributed by atoms with E-state index in [-0.39, 0.29) is 36.7 Å². The Morgan fingerprint density at radius 1 is 1.04 bits per heavy atom. The van der Waals surface area contributed by atoms with Gasteiger partial charge < -0.3 is 44.1 Å². The van der Waals surface area contributed by atoms with Crippen LogP contribution in [0.2, 0.25) is 0 Å². The number of ketones is 2. The Labute approximate surface area is 328 Å². The molecule has 3 saturated heterocycles. The molecule has 56 heavy (non-hydrogen) atoms. The summed E-state index contributed by atoms with van der Waals surface area (Å²) in [7, 11) is 3.71. The van der Waals surface area contributed by atoms with Gasteiger partial charge >= 0.3 is 12.0 Å². The van der Waals surface area contributed by atoms with Crippen LogP contribution in [0.3, 0.4) is 0 Å². The highest BCUT2D eigenvalue weighted by Crippen LogP contribution is 2.39. The van der Waals surface area contributed by atoms with Crippen molar-refractivity contribution in [3.8, 4) is 23.2 Å². The second-order valence-electron chi connectivity index (χ2n) is 16.2. The molecule has 0 unspecified atom stereocenters. The van der Waals surface area contributed by atoms with E-state index < -0.39 is 83.2 Å². The first-order valence-electron chi connectivity index (χ1n) is 19.4. The molecule has 0 spiro atoms. The number of rotatable bonds is 7. The number of aliphatic hydroxyl groups is 1. The largest absolute Gasteiger partial charge is 0.459 e. The van der Waals surface area contributed by atoms with Crippen LogP contribution in [-0.4, -0.2) is 118 Å². The fourth-order valence-electron chi connectivity index (χ4n) is 8.57. The number of carbonyl (C=O) groups is 4. The summed E-state index contributed by atoms with van der Waals surface area (Å²) in [6.45, 7) is 13.6. The molecule has 2 aromatic heterocycles. The number of aromatic nitrogens is 2. The van der Waals surface area contributed by atoms with Crippen molar-refractivity contribution >= 4 is 23.6 Å². The minimum Gasteiger partial charge on any atom is -0.459 e. The molecule has 5 rings (SSSR count). The first-order chi connectivity index (χ1) is 26.4. The third-order valence-corrected chi connectivity index (χ3v) is 11.7. The van der Waals surface area contributed by atoms with Crippen LogP contribution in [0, 0.1) is 35.5 Å². The van der Waals surface area contributed by atoms with E-state index in [9.17, 15) is 24.3 Å². The zero-order chi connectivity index (χ0) is 41.1. The standard InChI is InChI=1S/C41H57N5O10/c1-11-31-41(8)35(43-39(51)44-41)24(4)32(47)22(2)21-40(7,52-18-14-15-27-20-29(45-56-27)28-16-12-13-17-42-28)36(25(5)33(48)26(6)37(50)54-31)55-38-34(49)30(46(9)10)19-23(3)53-38/h12-13,16-17,20,22-26,30-31,34-36,38,49H,11,18-19,21H2,1-10H3,(H2,43,44,51)/t22-,23-,24+,25+,26-,30+,31-,34-,35-,36-,38+,40-,41-/m1/s1. The fraction of sp³-hybridized carbons (Fsp3) is 0.659. The lowest BCUT2D eigenvalue weighted by atomic mass is 9.73. The number of hydrogen-bond donors (Lipinski definition) is 3. The van der Waals surface area contributed by atoms with E-state index in [1.807, 2.05) is 38.9 Å². The molecule has 13 atom stereocenters. The maximum absolute atomic E-state index is 14.4. The third kappa shape index (κ3) is 9.00. The quantitative estimate of drug-likeness (QED) is 0.210. The summed E-state index contributed by atoms with van der Waals surface area (Å²) < 4.78 is 30.9. The van der Waals surface area contributed by atoms with E-state index in [4.69, 9.17) is 23.5 Å². The van der Waals surface area contributed by atoms with Crippen LogP contribution in [0.4, 0.5) is 4.79 Å². The van der Waals surface area contributed by atoms with Gasteiger partial charge in [0.25, 0.3) is 0 Å². The molecule has 2 aromatic rings. The Morgan fingerprint density at radius 2 is 1.77 bits per heavy atom. The number of hydrogen-bond acceptors (Lipinski definition) is 13. The van der Waals surface area contributed by atoms with Gasteiger partial charge in [-0.05, 0) is 79.1 Å². The van der Waals surface area contributed by atoms with Crippen molar-refractivity contribution in [3.63, 3.8) is 0 Å². The summed E-state index contributed by atoms with van der Waals surface area (Å²) in [5.41, 5.74) is -1.46. The van der Waals surface area contributed by atoms with Gasteiger partial charge in [-0.15, -0.1) is 0 Å². The maximum atomic E-state index is 14.4. The number of likely N-dealkylation sites (N-methyl/N-ethyl adjacent to an activating group) is 1. The van der Waals surface area contributed by atoms with Gasteiger partial charge in [0.05, 0.1) is 35.1 Å². The van der Waals surface area contributed by atoms with Gasteiger partial charge in [-0.25, -0.2) is 4.79 Å². The monoisotopic (exact) mass is 779 g/mol. The molecule has 15 heteroatoms. The second kappa shape index (κ2) is 17.5. The van der Waals surface area contributed by atoms with E-state index in [0.29, 0.717) is 24.2 Å². The highest BCUT2D eigenvalue weighted by Gasteiger charge is 2.55. The highest BCUT2D eigenvalue weighted by molar-refractivity contribution is 6.00. The van der Waals surface area contributed by atoms with Crippen LogP contribution in [0.5, 0.6) is 0 Å². The molecule has 3 N–H and O–H groups in total. The van der Waals surface area contributed by atoms with Gasteiger partial charge in [-0.1, -0.05) is 44.8 Å². The lowest BCUT2D eigenvalue weighted by Gasteiger charge is -2.47. The fourth-order valence-corrected chi connectivity index (χ4v) is 8.57. The van der Waals surface area contributed by atoms with Crippen LogP contribution < -0.4 is 10.6 Å². The average molecular weight is 780 g/mol.